The first kappa shape index (κ1) is 12.7. The van der Waals surface area contributed by atoms with Crippen LogP contribution in [0.25, 0.3) is 0 Å². The average molecular weight is 271 g/mol. The van der Waals surface area contributed by atoms with Crippen molar-refractivity contribution in [3.8, 4) is 5.75 Å². The standard InChI is InChI=1S/C15H17N3O2/c1-20-14-4-2-3-12(8-14)17-15(19)11-5-6-18-10-16-9-13(18)7-11/h2-4,8-11H,5-7H2,1H3,(H,17,19). The molecule has 1 N–H and O–H groups in total. The quantitative estimate of drug-likeness (QED) is 0.930. The van der Waals surface area contributed by atoms with Gasteiger partial charge in [0.2, 0.25) is 5.91 Å². The average Bonchev–Trinajstić information content (AvgIpc) is 2.94. The molecule has 5 nitrogen and oxygen atoms in total. The third-order valence-corrected chi connectivity index (χ3v) is 3.68. The van der Waals surface area contributed by atoms with Crippen LogP contribution in [-0.4, -0.2) is 22.6 Å². The number of amides is 1. The molecule has 104 valence electrons. The fourth-order valence-corrected chi connectivity index (χ4v) is 2.54. The van der Waals surface area contributed by atoms with Gasteiger partial charge in [0.05, 0.1) is 13.4 Å². The van der Waals surface area contributed by atoms with Crippen LogP contribution in [0.3, 0.4) is 0 Å². The molecule has 0 spiro atoms. The van der Waals surface area contributed by atoms with E-state index in [4.69, 9.17) is 4.74 Å². The topological polar surface area (TPSA) is 56.1 Å². The minimum Gasteiger partial charge on any atom is -0.497 e. The summed E-state index contributed by atoms with van der Waals surface area (Å²) in [5.41, 5.74) is 1.90. The van der Waals surface area contributed by atoms with Gasteiger partial charge < -0.3 is 14.6 Å². The van der Waals surface area contributed by atoms with Gasteiger partial charge in [-0.25, -0.2) is 4.98 Å². The van der Waals surface area contributed by atoms with Crippen molar-refractivity contribution in [2.45, 2.75) is 19.4 Å². The highest BCUT2D eigenvalue weighted by atomic mass is 16.5. The van der Waals surface area contributed by atoms with Crippen molar-refractivity contribution < 1.29 is 9.53 Å². The molecule has 1 aliphatic heterocycles. The van der Waals surface area contributed by atoms with Crippen LogP contribution in [0.5, 0.6) is 5.75 Å². The lowest BCUT2D eigenvalue weighted by atomic mass is 9.95. The molecule has 2 aromatic rings. The number of aryl methyl sites for hydroxylation is 1. The smallest absolute Gasteiger partial charge is 0.227 e. The number of aromatic nitrogens is 2. The number of fused-ring (bicyclic) bond motifs is 1. The lowest BCUT2D eigenvalue weighted by Crippen LogP contribution is -2.29. The molecule has 0 bridgehead atoms. The molecule has 1 atom stereocenters. The zero-order chi connectivity index (χ0) is 13.9. The summed E-state index contributed by atoms with van der Waals surface area (Å²) in [6.45, 7) is 0.853. The van der Waals surface area contributed by atoms with Crippen LogP contribution in [-0.2, 0) is 17.8 Å². The molecule has 20 heavy (non-hydrogen) atoms. The van der Waals surface area contributed by atoms with Crippen molar-refractivity contribution in [3.63, 3.8) is 0 Å². The van der Waals surface area contributed by atoms with Gasteiger partial charge in [-0.1, -0.05) is 6.07 Å². The zero-order valence-corrected chi connectivity index (χ0v) is 11.4. The van der Waals surface area contributed by atoms with Crippen molar-refractivity contribution in [3.05, 3.63) is 42.5 Å². The van der Waals surface area contributed by atoms with Gasteiger partial charge in [-0.3, -0.25) is 4.79 Å². The first-order valence-corrected chi connectivity index (χ1v) is 6.70. The van der Waals surface area contributed by atoms with E-state index in [1.807, 2.05) is 36.8 Å². The maximum absolute atomic E-state index is 12.3. The van der Waals surface area contributed by atoms with Crippen molar-refractivity contribution in [1.82, 2.24) is 9.55 Å². The van der Waals surface area contributed by atoms with Crippen LogP contribution in [0.15, 0.2) is 36.8 Å². The largest absolute Gasteiger partial charge is 0.497 e. The molecule has 2 heterocycles. The molecule has 0 saturated heterocycles. The summed E-state index contributed by atoms with van der Waals surface area (Å²) in [6, 6.07) is 7.41. The SMILES string of the molecule is COc1cccc(NC(=O)C2CCn3cncc3C2)c1. The molecular weight excluding hydrogens is 254 g/mol. The number of anilines is 1. The Balaban J connectivity index is 1.68. The minimum absolute atomic E-state index is 0.00500. The molecule has 1 amide bonds. The number of carbonyl (C=O) groups excluding carboxylic acids is 1. The molecule has 1 aromatic heterocycles. The number of nitrogens with one attached hydrogen (secondary N) is 1. The first-order chi connectivity index (χ1) is 9.76. The molecular formula is C15H17N3O2. The summed E-state index contributed by atoms with van der Waals surface area (Å²) < 4.78 is 7.26. The van der Waals surface area contributed by atoms with Gasteiger partial charge in [0, 0.05) is 42.5 Å². The molecule has 0 saturated carbocycles. The first-order valence-electron chi connectivity index (χ1n) is 6.70. The number of carbonyl (C=O) groups is 1. The van der Waals surface area contributed by atoms with Crippen molar-refractivity contribution in [2.24, 2.45) is 5.92 Å². The maximum atomic E-state index is 12.3. The third-order valence-electron chi connectivity index (χ3n) is 3.68. The van der Waals surface area contributed by atoms with Gasteiger partial charge in [-0.05, 0) is 18.6 Å². The number of imidazole rings is 1. The Labute approximate surface area is 117 Å². The van der Waals surface area contributed by atoms with Gasteiger partial charge in [-0.2, -0.15) is 0 Å². The number of benzene rings is 1. The Morgan fingerprint density at radius 2 is 2.40 bits per heavy atom. The van der Waals surface area contributed by atoms with E-state index in [-0.39, 0.29) is 11.8 Å². The van der Waals surface area contributed by atoms with E-state index >= 15 is 0 Å². The summed E-state index contributed by atoms with van der Waals surface area (Å²) in [6.07, 6.45) is 5.26. The summed E-state index contributed by atoms with van der Waals surface area (Å²) in [7, 11) is 1.61. The van der Waals surface area contributed by atoms with E-state index in [2.05, 4.69) is 14.9 Å². The summed E-state index contributed by atoms with van der Waals surface area (Å²) in [4.78, 5) is 16.4. The second-order valence-electron chi connectivity index (χ2n) is 4.99. The normalized spacial score (nSPS) is 17.4. The predicted molar refractivity (Wildman–Crippen MR) is 75.7 cm³/mol. The van der Waals surface area contributed by atoms with Crippen molar-refractivity contribution in [1.29, 1.82) is 0 Å². The predicted octanol–water partition coefficient (Wildman–Crippen LogP) is 2.09. The van der Waals surface area contributed by atoms with Gasteiger partial charge in [-0.15, -0.1) is 0 Å². The number of methoxy groups -OCH3 is 1. The highest BCUT2D eigenvalue weighted by Gasteiger charge is 2.24. The Morgan fingerprint density at radius 3 is 3.25 bits per heavy atom. The van der Waals surface area contributed by atoms with Crippen LogP contribution in [0, 0.1) is 5.92 Å². The van der Waals surface area contributed by atoms with Gasteiger partial charge >= 0.3 is 0 Å². The maximum Gasteiger partial charge on any atom is 0.227 e. The Hall–Kier alpha value is -2.30. The number of nitrogens with zero attached hydrogens (tertiary/aromatic N) is 2. The second-order valence-corrected chi connectivity index (χ2v) is 4.99. The summed E-state index contributed by atoms with van der Waals surface area (Å²) in [5, 5.41) is 2.96. The van der Waals surface area contributed by atoms with Crippen LogP contribution in [0.4, 0.5) is 5.69 Å². The molecule has 0 radical (unpaired) electrons. The molecule has 0 fully saturated rings. The van der Waals surface area contributed by atoms with Gasteiger partial charge in [0.25, 0.3) is 0 Å². The second kappa shape index (κ2) is 5.36. The molecule has 1 unspecified atom stereocenters. The summed E-state index contributed by atoms with van der Waals surface area (Å²) >= 11 is 0. The van der Waals surface area contributed by atoms with E-state index in [9.17, 15) is 4.79 Å². The van der Waals surface area contributed by atoms with E-state index in [1.165, 1.54) is 0 Å². The molecule has 3 rings (SSSR count). The van der Waals surface area contributed by atoms with Crippen LogP contribution >= 0.6 is 0 Å². The summed E-state index contributed by atoms with van der Waals surface area (Å²) in [5.74, 6) is 0.806. The van der Waals surface area contributed by atoms with Crippen LogP contribution in [0.1, 0.15) is 12.1 Å². The fraction of sp³-hybridized carbons (Fsp3) is 0.333. The number of rotatable bonds is 3. The molecule has 1 aliphatic rings. The Bertz CT molecular complexity index is 621. The van der Waals surface area contributed by atoms with Crippen LogP contribution < -0.4 is 10.1 Å². The fourth-order valence-electron chi connectivity index (χ4n) is 2.54. The Kier molecular flexibility index (Phi) is 3.41. The highest BCUT2D eigenvalue weighted by Crippen LogP contribution is 2.23. The monoisotopic (exact) mass is 271 g/mol. The van der Waals surface area contributed by atoms with E-state index < -0.39 is 0 Å². The highest BCUT2D eigenvalue weighted by molar-refractivity contribution is 5.92. The van der Waals surface area contributed by atoms with E-state index in [1.54, 1.807) is 7.11 Å². The van der Waals surface area contributed by atoms with Crippen molar-refractivity contribution >= 4 is 11.6 Å². The molecule has 5 heteroatoms. The number of hydrogen-bond donors (Lipinski definition) is 1. The van der Waals surface area contributed by atoms with Crippen LogP contribution in [0.2, 0.25) is 0 Å². The third kappa shape index (κ3) is 2.52. The Morgan fingerprint density at radius 1 is 1.50 bits per heavy atom. The lowest BCUT2D eigenvalue weighted by molar-refractivity contribution is -0.120. The zero-order valence-electron chi connectivity index (χ0n) is 11.4. The van der Waals surface area contributed by atoms with Crippen molar-refractivity contribution in [2.75, 3.05) is 12.4 Å². The lowest BCUT2D eigenvalue weighted by Gasteiger charge is -2.23. The minimum atomic E-state index is 0.00500. The number of hydrogen-bond acceptors (Lipinski definition) is 3. The number of ether oxygens (including phenoxy) is 1. The van der Waals surface area contributed by atoms with Gasteiger partial charge in [0.1, 0.15) is 5.75 Å². The molecule has 1 aromatic carbocycles. The van der Waals surface area contributed by atoms with E-state index in [0.29, 0.717) is 0 Å². The van der Waals surface area contributed by atoms with Gasteiger partial charge in [0.15, 0.2) is 0 Å². The molecule has 0 aliphatic carbocycles. The van der Waals surface area contributed by atoms with E-state index in [0.717, 1.165) is 36.5 Å².